The van der Waals surface area contributed by atoms with Crippen molar-refractivity contribution in [2.75, 3.05) is 0 Å². The van der Waals surface area contributed by atoms with Gasteiger partial charge in [0.15, 0.2) is 0 Å². The van der Waals surface area contributed by atoms with Gasteiger partial charge in [-0.25, -0.2) is 0 Å². The number of aliphatic hydroxyl groups is 2. The lowest BCUT2D eigenvalue weighted by Crippen LogP contribution is -2.38. The molecule has 0 aliphatic heterocycles. The molecule has 0 spiro atoms. The van der Waals surface area contributed by atoms with Crippen LogP contribution in [-0.2, 0) is 22.4 Å². The van der Waals surface area contributed by atoms with Crippen LogP contribution >= 0.6 is 0 Å². The molecule has 2 aromatic carbocycles. The van der Waals surface area contributed by atoms with Crippen LogP contribution in [0, 0.1) is 0 Å². The Morgan fingerprint density at radius 1 is 0.963 bits per heavy atom. The average Bonchev–Trinajstić information content (AvgIpc) is 2.60. The van der Waals surface area contributed by atoms with Gasteiger partial charge in [0.05, 0.1) is 6.10 Å². The summed E-state index contributed by atoms with van der Waals surface area (Å²) in [5.41, 5.74) is 1.82. The summed E-state index contributed by atoms with van der Waals surface area (Å²) in [5.74, 6) is -2.05. The summed E-state index contributed by atoms with van der Waals surface area (Å²) >= 11 is 0. The normalized spacial score (nSPS) is 14.3. The number of aromatic hydroxyl groups is 2. The number of rotatable bonds is 9. The summed E-state index contributed by atoms with van der Waals surface area (Å²) in [4.78, 5) is 11.4. The molecule has 0 aliphatic rings. The number of aryl methyl sites for hydroxylation is 2. The van der Waals surface area contributed by atoms with E-state index in [1.54, 1.807) is 48.5 Å². The maximum Gasteiger partial charge on any atom is 0.305 e. The Morgan fingerprint density at radius 2 is 1.44 bits per heavy atom. The Labute approximate surface area is 158 Å². The van der Waals surface area contributed by atoms with E-state index >= 15 is 0 Å². The van der Waals surface area contributed by atoms with Crippen molar-refractivity contribution < 1.29 is 30.0 Å². The number of ether oxygens (including phenoxy) is 1. The van der Waals surface area contributed by atoms with Gasteiger partial charge in [0, 0.05) is 19.8 Å². The van der Waals surface area contributed by atoms with Crippen molar-refractivity contribution in [3.63, 3.8) is 0 Å². The lowest BCUT2D eigenvalue weighted by molar-refractivity contribution is -0.220. The molecule has 27 heavy (non-hydrogen) atoms. The van der Waals surface area contributed by atoms with Gasteiger partial charge in [0.25, 0.3) is 0 Å². The van der Waals surface area contributed by atoms with Gasteiger partial charge in [0.1, 0.15) is 11.5 Å². The molecule has 2 unspecified atom stereocenters. The molecular weight excluding hydrogens is 348 g/mol. The Bertz CT molecular complexity index is 725. The minimum atomic E-state index is -1.77. The third-order valence-corrected chi connectivity index (χ3v) is 4.33. The summed E-state index contributed by atoms with van der Waals surface area (Å²) in [6.07, 6.45) is 0.553. The predicted molar refractivity (Wildman–Crippen MR) is 100 cm³/mol. The zero-order valence-corrected chi connectivity index (χ0v) is 15.3. The van der Waals surface area contributed by atoms with E-state index in [4.69, 9.17) is 4.74 Å². The molecule has 0 aromatic heterocycles. The van der Waals surface area contributed by atoms with Gasteiger partial charge in [-0.3, -0.25) is 4.79 Å². The van der Waals surface area contributed by atoms with Crippen LogP contribution < -0.4 is 0 Å². The fourth-order valence-electron chi connectivity index (χ4n) is 2.93. The van der Waals surface area contributed by atoms with Crippen molar-refractivity contribution in [3.05, 3.63) is 59.7 Å². The van der Waals surface area contributed by atoms with Crippen LogP contribution in [0.2, 0.25) is 0 Å². The van der Waals surface area contributed by atoms with E-state index in [0.29, 0.717) is 19.3 Å². The van der Waals surface area contributed by atoms with E-state index in [2.05, 4.69) is 0 Å². The lowest BCUT2D eigenvalue weighted by Gasteiger charge is -2.29. The third kappa shape index (κ3) is 7.29. The summed E-state index contributed by atoms with van der Waals surface area (Å²) in [7, 11) is 0. The monoisotopic (exact) mass is 374 g/mol. The standard InChI is InChI=1S/C21H26O6/c1-15(22)27-21(26,13-12-17-4-9-19(24)10-5-17)14-20(25)11-6-16-2-7-18(23)8-3-16/h2-5,7-10,20,23-26H,6,11-14H2,1H3. The second-order valence-corrected chi connectivity index (χ2v) is 6.77. The molecule has 0 saturated carbocycles. The third-order valence-electron chi connectivity index (χ3n) is 4.33. The van der Waals surface area contributed by atoms with Crippen molar-refractivity contribution >= 4 is 5.97 Å². The molecule has 0 saturated heterocycles. The quantitative estimate of drug-likeness (QED) is 0.397. The van der Waals surface area contributed by atoms with E-state index in [9.17, 15) is 25.2 Å². The van der Waals surface area contributed by atoms with Crippen molar-refractivity contribution in [1.82, 2.24) is 0 Å². The summed E-state index contributed by atoms with van der Waals surface area (Å²) in [6.45, 7) is 1.22. The first-order valence-electron chi connectivity index (χ1n) is 8.91. The average molecular weight is 374 g/mol. The number of hydrogen-bond donors (Lipinski definition) is 4. The van der Waals surface area contributed by atoms with Crippen LogP contribution in [0.25, 0.3) is 0 Å². The molecule has 2 atom stereocenters. The number of hydrogen-bond acceptors (Lipinski definition) is 6. The largest absolute Gasteiger partial charge is 0.508 e. The van der Waals surface area contributed by atoms with Gasteiger partial charge in [-0.2, -0.15) is 0 Å². The Hall–Kier alpha value is -2.57. The maximum absolute atomic E-state index is 11.4. The molecule has 0 aliphatic carbocycles. The molecule has 6 nitrogen and oxygen atoms in total. The van der Waals surface area contributed by atoms with Crippen LogP contribution in [0.3, 0.4) is 0 Å². The fourth-order valence-corrected chi connectivity index (χ4v) is 2.93. The second-order valence-electron chi connectivity index (χ2n) is 6.77. The van der Waals surface area contributed by atoms with Crippen LogP contribution in [-0.4, -0.2) is 38.3 Å². The molecule has 2 aromatic rings. The Kier molecular flexibility index (Phi) is 7.21. The molecule has 6 heteroatoms. The number of aliphatic hydroxyl groups excluding tert-OH is 1. The first kappa shape index (κ1) is 20.7. The number of phenolic OH excluding ortho intramolecular Hbond substituents is 2. The topological polar surface area (TPSA) is 107 Å². The number of phenols is 2. The Balaban J connectivity index is 1.93. The highest BCUT2D eigenvalue weighted by Gasteiger charge is 2.33. The molecule has 2 rings (SSSR count). The van der Waals surface area contributed by atoms with Gasteiger partial charge in [0.2, 0.25) is 5.79 Å². The fraction of sp³-hybridized carbons (Fsp3) is 0.381. The smallest absolute Gasteiger partial charge is 0.305 e. The highest BCUT2D eigenvalue weighted by molar-refractivity contribution is 5.66. The molecule has 0 heterocycles. The van der Waals surface area contributed by atoms with Crippen LogP contribution in [0.1, 0.15) is 37.3 Å². The minimum absolute atomic E-state index is 0.0945. The van der Waals surface area contributed by atoms with Crippen molar-refractivity contribution in [1.29, 1.82) is 0 Å². The molecule has 4 N–H and O–H groups in total. The van der Waals surface area contributed by atoms with Crippen LogP contribution in [0.15, 0.2) is 48.5 Å². The predicted octanol–water partition coefficient (Wildman–Crippen LogP) is 2.67. The summed E-state index contributed by atoms with van der Waals surface area (Å²) < 4.78 is 5.10. The van der Waals surface area contributed by atoms with Gasteiger partial charge in [-0.1, -0.05) is 24.3 Å². The highest BCUT2D eigenvalue weighted by Crippen LogP contribution is 2.25. The van der Waals surface area contributed by atoms with Gasteiger partial charge < -0.3 is 25.2 Å². The van der Waals surface area contributed by atoms with Gasteiger partial charge in [-0.15, -0.1) is 0 Å². The molecule has 0 fully saturated rings. The van der Waals surface area contributed by atoms with E-state index in [1.807, 2.05) is 0 Å². The van der Waals surface area contributed by atoms with Crippen LogP contribution in [0.4, 0.5) is 0 Å². The molecule has 0 bridgehead atoms. The first-order valence-corrected chi connectivity index (χ1v) is 8.91. The van der Waals surface area contributed by atoms with Gasteiger partial charge >= 0.3 is 5.97 Å². The summed E-state index contributed by atoms with van der Waals surface area (Å²) in [5, 5.41) is 39.6. The van der Waals surface area contributed by atoms with Crippen molar-refractivity contribution in [2.24, 2.45) is 0 Å². The number of carbonyl (C=O) groups is 1. The number of carbonyl (C=O) groups excluding carboxylic acids is 1. The highest BCUT2D eigenvalue weighted by atomic mass is 16.7. The van der Waals surface area contributed by atoms with Crippen molar-refractivity contribution in [2.45, 2.75) is 50.9 Å². The number of esters is 1. The SMILES string of the molecule is CC(=O)OC(O)(CCc1ccc(O)cc1)CC(O)CCc1ccc(O)cc1. The van der Waals surface area contributed by atoms with Gasteiger partial charge in [-0.05, 0) is 54.7 Å². The Morgan fingerprint density at radius 3 is 1.93 bits per heavy atom. The van der Waals surface area contributed by atoms with E-state index in [0.717, 1.165) is 11.1 Å². The molecular formula is C21H26O6. The summed E-state index contributed by atoms with van der Waals surface area (Å²) in [6, 6.07) is 13.2. The van der Waals surface area contributed by atoms with E-state index in [1.165, 1.54) is 6.92 Å². The molecule has 0 amide bonds. The number of benzene rings is 2. The zero-order chi connectivity index (χ0) is 19.9. The second kappa shape index (κ2) is 9.39. The first-order chi connectivity index (χ1) is 12.8. The molecule has 0 radical (unpaired) electrons. The van der Waals surface area contributed by atoms with E-state index < -0.39 is 17.9 Å². The lowest BCUT2D eigenvalue weighted by atomic mass is 9.96. The van der Waals surface area contributed by atoms with E-state index in [-0.39, 0.29) is 24.3 Å². The molecule has 146 valence electrons. The minimum Gasteiger partial charge on any atom is -0.508 e. The van der Waals surface area contributed by atoms with Crippen molar-refractivity contribution in [3.8, 4) is 11.5 Å². The maximum atomic E-state index is 11.4. The zero-order valence-electron chi connectivity index (χ0n) is 15.3. The van der Waals surface area contributed by atoms with Crippen LogP contribution in [0.5, 0.6) is 11.5 Å².